The first-order valence-corrected chi connectivity index (χ1v) is 8.99. The van der Waals surface area contributed by atoms with Crippen LogP contribution in [-0.4, -0.2) is 32.8 Å². The Hall–Kier alpha value is -1.77. The molecule has 0 N–H and O–H groups in total. The van der Waals surface area contributed by atoms with E-state index in [0.717, 1.165) is 36.3 Å². The number of imidazole rings is 1. The fourth-order valence-electron chi connectivity index (χ4n) is 3.05. The lowest BCUT2D eigenvalue weighted by atomic mass is 9.94. The second-order valence-corrected chi connectivity index (χ2v) is 6.87. The monoisotopic (exact) mass is 347 g/mol. The molecule has 0 aliphatic heterocycles. The van der Waals surface area contributed by atoms with Gasteiger partial charge in [0, 0.05) is 23.7 Å². The van der Waals surface area contributed by atoms with Crippen molar-refractivity contribution < 1.29 is 4.79 Å². The van der Waals surface area contributed by atoms with Crippen LogP contribution in [0.15, 0.2) is 17.7 Å². The van der Waals surface area contributed by atoms with Crippen molar-refractivity contribution in [1.82, 2.24) is 14.3 Å². The quantitative estimate of drug-likeness (QED) is 0.622. The molecule has 0 bridgehead atoms. The standard InChI is InChI=1S/C17H18ClN3OS/c1-2-10-20(13-6-4-3-5-7-13)15(22)9-8-14-16(18)19-17-21(14)11-12-23-17/h1,8-9,11-13H,3-7,10H2. The Kier molecular flexibility index (Phi) is 5.04. The van der Waals surface area contributed by atoms with Crippen LogP contribution in [0, 0.1) is 12.3 Å². The lowest BCUT2D eigenvalue weighted by molar-refractivity contribution is -0.128. The number of halogens is 1. The first-order chi connectivity index (χ1) is 11.2. The van der Waals surface area contributed by atoms with E-state index < -0.39 is 0 Å². The van der Waals surface area contributed by atoms with Crippen LogP contribution in [0.2, 0.25) is 5.15 Å². The van der Waals surface area contributed by atoms with Crippen molar-refractivity contribution in [3.63, 3.8) is 0 Å². The molecule has 23 heavy (non-hydrogen) atoms. The van der Waals surface area contributed by atoms with Gasteiger partial charge >= 0.3 is 0 Å². The highest BCUT2D eigenvalue weighted by atomic mass is 35.5. The van der Waals surface area contributed by atoms with Crippen molar-refractivity contribution in [3.8, 4) is 12.3 Å². The average Bonchev–Trinajstić information content (AvgIpc) is 3.12. The fourth-order valence-corrected chi connectivity index (χ4v) is 4.06. The van der Waals surface area contributed by atoms with Gasteiger partial charge in [-0.15, -0.1) is 17.8 Å². The van der Waals surface area contributed by atoms with Gasteiger partial charge < -0.3 is 4.90 Å². The van der Waals surface area contributed by atoms with Crippen molar-refractivity contribution in [2.45, 2.75) is 38.1 Å². The topological polar surface area (TPSA) is 37.6 Å². The van der Waals surface area contributed by atoms with E-state index in [4.69, 9.17) is 18.0 Å². The maximum atomic E-state index is 12.6. The minimum absolute atomic E-state index is 0.0592. The van der Waals surface area contributed by atoms with E-state index in [-0.39, 0.29) is 11.9 Å². The zero-order valence-corrected chi connectivity index (χ0v) is 14.3. The van der Waals surface area contributed by atoms with Crippen LogP contribution in [0.4, 0.5) is 0 Å². The third-order valence-electron chi connectivity index (χ3n) is 4.20. The molecule has 3 rings (SSSR count). The highest BCUT2D eigenvalue weighted by molar-refractivity contribution is 7.15. The number of amides is 1. The second kappa shape index (κ2) is 7.20. The van der Waals surface area contributed by atoms with Gasteiger partial charge in [0.1, 0.15) is 0 Å². The minimum Gasteiger partial charge on any atom is -0.325 e. The maximum Gasteiger partial charge on any atom is 0.247 e. The molecule has 0 spiro atoms. The number of fused-ring (bicyclic) bond motifs is 1. The number of hydrogen-bond donors (Lipinski definition) is 0. The Morgan fingerprint density at radius 1 is 1.52 bits per heavy atom. The molecule has 1 fully saturated rings. The van der Waals surface area contributed by atoms with Crippen molar-refractivity contribution in [1.29, 1.82) is 0 Å². The van der Waals surface area contributed by atoms with Crippen molar-refractivity contribution >= 4 is 39.9 Å². The van der Waals surface area contributed by atoms with Gasteiger partial charge in [-0.25, -0.2) is 4.98 Å². The van der Waals surface area contributed by atoms with Gasteiger partial charge in [0.05, 0.1) is 12.2 Å². The largest absolute Gasteiger partial charge is 0.325 e. The number of thiazole rings is 1. The Morgan fingerprint density at radius 2 is 2.30 bits per heavy atom. The number of carbonyl (C=O) groups is 1. The van der Waals surface area contributed by atoms with E-state index in [1.807, 2.05) is 16.0 Å². The van der Waals surface area contributed by atoms with E-state index in [1.54, 1.807) is 17.1 Å². The summed E-state index contributed by atoms with van der Waals surface area (Å²) in [6.07, 6.45) is 16.2. The third kappa shape index (κ3) is 3.44. The summed E-state index contributed by atoms with van der Waals surface area (Å²) >= 11 is 7.65. The molecule has 6 heteroatoms. The summed E-state index contributed by atoms with van der Waals surface area (Å²) in [5, 5.41) is 2.34. The van der Waals surface area contributed by atoms with Gasteiger partial charge in [-0.2, -0.15) is 0 Å². The summed E-state index contributed by atoms with van der Waals surface area (Å²) in [7, 11) is 0. The fraction of sp³-hybridized carbons (Fsp3) is 0.412. The molecule has 120 valence electrons. The molecule has 0 saturated heterocycles. The maximum absolute atomic E-state index is 12.6. The van der Waals surface area contributed by atoms with Crippen molar-refractivity contribution in [2.24, 2.45) is 0 Å². The van der Waals surface area contributed by atoms with Crippen LogP contribution in [0.5, 0.6) is 0 Å². The molecule has 0 unspecified atom stereocenters. The van der Waals surface area contributed by atoms with E-state index in [0.29, 0.717) is 11.7 Å². The number of hydrogen-bond acceptors (Lipinski definition) is 3. The minimum atomic E-state index is -0.0592. The summed E-state index contributed by atoms with van der Waals surface area (Å²) in [5.74, 6) is 2.55. The zero-order valence-electron chi connectivity index (χ0n) is 12.7. The summed E-state index contributed by atoms with van der Waals surface area (Å²) in [6.45, 7) is 0.349. The van der Waals surface area contributed by atoms with Crippen molar-refractivity contribution in [3.05, 3.63) is 28.5 Å². The molecule has 4 nitrogen and oxygen atoms in total. The number of terminal acetylenes is 1. The van der Waals surface area contributed by atoms with Gasteiger partial charge in [-0.3, -0.25) is 9.20 Å². The van der Waals surface area contributed by atoms with Crippen LogP contribution in [0.1, 0.15) is 37.8 Å². The SMILES string of the molecule is C#CCN(C(=O)C=Cc1c(Cl)nc2sccn12)C1CCCCC1. The average molecular weight is 348 g/mol. The lowest BCUT2D eigenvalue weighted by Crippen LogP contribution is -2.40. The predicted molar refractivity (Wildman–Crippen MR) is 94.5 cm³/mol. The predicted octanol–water partition coefficient (Wildman–Crippen LogP) is 3.86. The lowest BCUT2D eigenvalue weighted by Gasteiger charge is -2.32. The Morgan fingerprint density at radius 3 is 3.04 bits per heavy atom. The second-order valence-electron chi connectivity index (χ2n) is 5.64. The van der Waals surface area contributed by atoms with Crippen LogP contribution >= 0.6 is 22.9 Å². The molecule has 1 amide bonds. The number of carbonyl (C=O) groups excluding carboxylic acids is 1. The number of aromatic nitrogens is 2. The molecule has 1 aliphatic rings. The van der Waals surface area contributed by atoms with E-state index in [1.165, 1.54) is 17.8 Å². The number of rotatable bonds is 4. The molecular weight excluding hydrogens is 330 g/mol. The molecule has 0 atom stereocenters. The van der Waals surface area contributed by atoms with E-state index >= 15 is 0 Å². The Balaban J connectivity index is 1.79. The molecule has 0 aromatic carbocycles. The molecule has 0 radical (unpaired) electrons. The molecule has 2 aromatic rings. The summed E-state index contributed by atoms with van der Waals surface area (Å²) in [6, 6.07) is 0.249. The Bertz CT molecular complexity index is 764. The van der Waals surface area contributed by atoms with Gasteiger partial charge in [0.15, 0.2) is 10.1 Å². The first kappa shape index (κ1) is 16.1. The molecule has 2 heterocycles. The van der Waals surface area contributed by atoms with E-state index in [2.05, 4.69) is 10.9 Å². The molecule has 1 aliphatic carbocycles. The van der Waals surface area contributed by atoms with Crippen LogP contribution < -0.4 is 0 Å². The van der Waals surface area contributed by atoms with Gasteiger partial charge in [0.25, 0.3) is 0 Å². The highest BCUT2D eigenvalue weighted by Crippen LogP contribution is 2.24. The van der Waals surface area contributed by atoms with Gasteiger partial charge in [0.2, 0.25) is 5.91 Å². The van der Waals surface area contributed by atoms with Crippen LogP contribution in [0.3, 0.4) is 0 Å². The number of nitrogens with zero attached hydrogens (tertiary/aromatic N) is 3. The van der Waals surface area contributed by atoms with Crippen LogP contribution in [-0.2, 0) is 4.79 Å². The van der Waals surface area contributed by atoms with Crippen molar-refractivity contribution in [2.75, 3.05) is 6.54 Å². The smallest absolute Gasteiger partial charge is 0.247 e. The summed E-state index contributed by atoms with van der Waals surface area (Å²) in [5.41, 5.74) is 0.723. The third-order valence-corrected chi connectivity index (χ3v) is 5.23. The molecule has 1 saturated carbocycles. The van der Waals surface area contributed by atoms with Crippen LogP contribution in [0.25, 0.3) is 11.0 Å². The Labute approximate surface area is 144 Å². The normalized spacial score (nSPS) is 16.0. The highest BCUT2D eigenvalue weighted by Gasteiger charge is 2.23. The summed E-state index contributed by atoms with van der Waals surface area (Å²) < 4.78 is 1.88. The first-order valence-electron chi connectivity index (χ1n) is 7.74. The zero-order chi connectivity index (χ0) is 16.2. The molecular formula is C17H18ClN3OS. The molecule has 2 aromatic heterocycles. The van der Waals surface area contributed by atoms with Gasteiger partial charge in [-0.05, 0) is 18.9 Å². The summed E-state index contributed by atoms with van der Waals surface area (Å²) in [4.78, 5) is 19.5. The van der Waals surface area contributed by atoms with Gasteiger partial charge in [-0.1, -0.05) is 36.8 Å². The van der Waals surface area contributed by atoms with E-state index in [9.17, 15) is 4.79 Å².